The number of nitrogens with two attached hydrogens (primary N) is 1. The lowest BCUT2D eigenvalue weighted by Crippen LogP contribution is -2.41. The van der Waals surface area contributed by atoms with Crippen LogP contribution in [-0.4, -0.2) is 28.0 Å². The maximum absolute atomic E-state index is 11.8. The molecule has 1 aromatic rings. The Bertz CT molecular complexity index is 360. The predicted octanol–water partition coefficient (Wildman–Crippen LogP) is 0.405. The molecule has 1 aliphatic carbocycles. The predicted molar refractivity (Wildman–Crippen MR) is 64.1 cm³/mol. The van der Waals surface area contributed by atoms with E-state index >= 15 is 0 Å². The minimum Gasteiger partial charge on any atom is -0.353 e. The first-order valence-electron chi connectivity index (χ1n) is 6.03. The third-order valence-corrected chi connectivity index (χ3v) is 3.12. The molecule has 0 saturated heterocycles. The van der Waals surface area contributed by atoms with Crippen LogP contribution in [0.1, 0.15) is 31.2 Å². The normalized spacial score (nSPS) is 24.3. The molecule has 0 aromatic carbocycles. The minimum absolute atomic E-state index is 0.0419. The van der Waals surface area contributed by atoms with Gasteiger partial charge in [-0.25, -0.2) is 9.97 Å². The molecule has 1 aliphatic rings. The molecule has 2 rings (SSSR count). The Morgan fingerprint density at radius 2 is 1.94 bits per heavy atom. The largest absolute Gasteiger partial charge is 0.353 e. The fraction of sp³-hybridized carbons (Fsp3) is 0.583. The quantitative estimate of drug-likeness (QED) is 0.793. The van der Waals surface area contributed by atoms with E-state index in [-0.39, 0.29) is 11.9 Å². The van der Waals surface area contributed by atoms with Crippen molar-refractivity contribution >= 4 is 5.91 Å². The van der Waals surface area contributed by atoms with Crippen LogP contribution in [0.3, 0.4) is 0 Å². The monoisotopic (exact) mass is 234 g/mol. The topological polar surface area (TPSA) is 80.9 Å². The van der Waals surface area contributed by atoms with Crippen LogP contribution in [0.25, 0.3) is 0 Å². The number of aromatic nitrogens is 2. The number of rotatable bonds is 3. The number of nitrogens with zero attached hydrogens (tertiary/aromatic N) is 2. The number of carbonyl (C=O) groups excluding carboxylic acids is 1. The maximum Gasteiger partial charge on any atom is 0.224 e. The van der Waals surface area contributed by atoms with Gasteiger partial charge in [0, 0.05) is 24.5 Å². The summed E-state index contributed by atoms with van der Waals surface area (Å²) in [5, 5.41) is 3.04. The Labute approximate surface area is 101 Å². The molecule has 5 heteroatoms. The number of nitrogens with one attached hydrogen (secondary N) is 1. The van der Waals surface area contributed by atoms with Crippen molar-refractivity contribution in [2.45, 2.75) is 44.2 Å². The van der Waals surface area contributed by atoms with E-state index in [1.165, 1.54) is 6.33 Å². The standard InChI is InChI=1S/C12H18N4O/c13-10-1-3-11(4-2-10)16-12(17)5-9-6-14-8-15-7-9/h6-8,10-11H,1-5,13H2,(H,16,17)/t10-,11-. The Morgan fingerprint density at radius 1 is 1.29 bits per heavy atom. The number of carbonyl (C=O) groups is 1. The molecule has 0 spiro atoms. The molecule has 1 heterocycles. The lowest BCUT2D eigenvalue weighted by Gasteiger charge is -2.26. The second kappa shape index (κ2) is 5.72. The van der Waals surface area contributed by atoms with Crippen LogP contribution in [-0.2, 0) is 11.2 Å². The summed E-state index contributed by atoms with van der Waals surface area (Å²) in [4.78, 5) is 19.5. The fourth-order valence-electron chi connectivity index (χ4n) is 2.15. The van der Waals surface area contributed by atoms with Gasteiger partial charge >= 0.3 is 0 Å². The zero-order valence-corrected chi connectivity index (χ0v) is 9.80. The molecule has 0 unspecified atom stereocenters. The van der Waals surface area contributed by atoms with Gasteiger partial charge in [0.1, 0.15) is 6.33 Å². The van der Waals surface area contributed by atoms with Gasteiger partial charge in [0.2, 0.25) is 5.91 Å². The van der Waals surface area contributed by atoms with E-state index in [1.54, 1.807) is 12.4 Å². The van der Waals surface area contributed by atoms with Crippen LogP contribution in [0.4, 0.5) is 0 Å². The molecular weight excluding hydrogens is 216 g/mol. The van der Waals surface area contributed by atoms with Gasteiger partial charge in [-0.05, 0) is 31.2 Å². The summed E-state index contributed by atoms with van der Waals surface area (Å²) in [5.74, 6) is 0.0419. The third kappa shape index (κ3) is 3.78. The molecule has 17 heavy (non-hydrogen) atoms. The first kappa shape index (κ1) is 12.0. The molecule has 1 aromatic heterocycles. The lowest BCUT2D eigenvalue weighted by atomic mass is 9.92. The number of hydrogen-bond acceptors (Lipinski definition) is 4. The average molecular weight is 234 g/mol. The summed E-state index contributed by atoms with van der Waals surface area (Å²) in [6, 6.07) is 0.595. The molecular formula is C12H18N4O. The van der Waals surface area contributed by atoms with Crippen LogP contribution in [0, 0.1) is 0 Å². The highest BCUT2D eigenvalue weighted by atomic mass is 16.1. The zero-order chi connectivity index (χ0) is 12.1. The van der Waals surface area contributed by atoms with Crippen molar-refractivity contribution in [1.29, 1.82) is 0 Å². The van der Waals surface area contributed by atoms with Crippen molar-refractivity contribution in [2.24, 2.45) is 5.73 Å². The number of amides is 1. The van der Waals surface area contributed by atoms with Crippen molar-refractivity contribution < 1.29 is 4.79 Å². The van der Waals surface area contributed by atoms with Crippen LogP contribution in [0.2, 0.25) is 0 Å². The smallest absolute Gasteiger partial charge is 0.224 e. The molecule has 5 nitrogen and oxygen atoms in total. The summed E-state index contributed by atoms with van der Waals surface area (Å²) in [6.45, 7) is 0. The molecule has 0 aliphatic heterocycles. The fourth-order valence-corrected chi connectivity index (χ4v) is 2.15. The second-order valence-electron chi connectivity index (χ2n) is 4.60. The van der Waals surface area contributed by atoms with Gasteiger partial charge in [0.05, 0.1) is 6.42 Å². The van der Waals surface area contributed by atoms with Crippen LogP contribution in [0.5, 0.6) is 0 Å². The van der Waals surface area contributed by atoms with E-state index < -0.39 is 0 Å². The van der Waals surface area contributed by atoms with Crippen molar-refractivity contribution in [2.75, 3.05) is 0 Å². The molecule has 0 bridgehead atoms. The Kier molecular flexibility index (Phi) is 4.03. The number of hydrogen-bond donors (Lipinski definition) is 2. The van der Waals surface area contributed by atoms with E-state index in [0.29, 0.717) is 12.5 Å². The Morgan fingerprint density at radius 3 is 2.59 bits per heavy atom. The van der Waals surface area contributed by atoms with Gasteiger partial charge in [-0.2, -0.15) is 0 Å². The highest BCUT2D eigenvalue weighted by molar-refractivity contribution is 5.78. The summed E-state index contributed by atoms with van der Waals surface area (Å²) >= 11 is 0. The third-order valence-electron chi connectivity index (χ3n) is 3.12. The molecule has 1 saturated carbocycles. The van der Waals surface area contributed by atoms with Gasteiger partial charge in [-0.3, -0.25) is 4.79 Å². The first-order valence-corrected chi connectivity index (χ1v) is 6.03. The summed E-state index contributed by atoms with van der Waals surface area (Å²) in [5.41, 5.74) is 6.67. The highest BCUT2D eigenvalue weighted by Gasteiger charge is 2.19. The van der Waals surface area contributed by atoms with Gasteiger partial charge in [-0.15, -0.1) is 0 Å². The van der Waals surface area contributed by atoms with Crippen molar-refractivity contribution in [3.63, 3.8) is 0 Å². The van der Waals surface area contributed by atoms with Crippen LogP contribution >= 0.6 is 0 Å². The zero-order valence-electron chi connectivity index (χ0n) is 9.80. The minimum atomic E-state index is 0.0419. The van der Waals surface area contributed by atoms with Gasteiger partial charge in [-0.1, -0.05) is 0 Å². The van der Waals surface area contributed by atoms with E-state index in [0.717, 1.165) is 31.2 Å². The second-order valence-corrected chi connectivity index (χ2v) is 4.60. The van der Waals surface area contributed by atoms with E-state index in [1.807, 2.05) is 0 Å². The lowest BCUT2D eigenvalue weighted by molar-refractivity contribution is -0.121. The van der Waals surface area contributed by atoms with Crippen LogP contribution < -0.4 is 11.1 Å². The van der Waals surface area contributed by atoms with E-state index in [4.69, 9.17) is 5.73 Å². The first-order chi connectivity index (χ1) is 8.24. The highest BCUT2D eigenvalue weighted by Crippen LogP contribution is 2.16. The van der Waals surface area contributed by atoms with Crippen molar-refractivity contribution in [3.8, 4) is 0 Å². The maximum atomic E-state index is 11.8. The molecule has 0 radical (unpaired) electrons. The molecule has 92 valence electrons. The Hall–Kier alpha value is -1.49. The molecule has 1 amide bonds. The summed E-state index contributed by atoms with van der Waals surface area (Å²) in [7, 11) is 0. The van der Waals surface area contributed by atoms with Gasteiger partial charge in [0.15, 0.2) is 0 Å². The molecule has 1 fully saturated rings. The summed E-state index contributed by atoms with van der Waals surface area (Å²) < 4.78 is 0. The molecule has 3 N–H and O–H groups in total. The van der Waals surface area contributed by atoms with Crippen LogP contribution in [0.15, 0.2) is 18.7 Å². The summed E-state index contributed by atoms with van der Waals surface area (Å²) in [6.07, 6.45) is 9.12. The van der Waals surface area contributed by atoms with Crippen molar-refractivity contribution in [1.82, 2.24) is 15.3 Å². The molecule has 0 atom stereocenters. The Balaban J connectivity index is 1.78. The van der Waals surface area contributed by atoms with Crippen molar-refractivity contribution in [3.05, 3.63) is 24.3 Å². The van der Waals surface area contributed by atoms with Gasteiger partial charge in [0.25, 0.3) is 0 Å². The van der Waals surface area contributed by atoms with Gasteiger partial charge < -0.3 is 11.1 Å². The SMILES string of the molecule is N[C@H]1CC[C@H](NC(=O)Cc2cncnc2)CC1. The van der Waals surface area contributed by atoms with E-state index in [9.17, 15) is 4.79 Å². The average Bonchev–Trinajstić information content (AvgIpc) is 2.33. The van der Waals surface area contributed by atoms with E-state index in [2.05, 4.69) is 15.3 Å².